The first-order chi connectivity index (χ1) is 8.95. The number of carbonyl (C=O) groups is 1. The van der Waals surface area contributed by atoms with Crippen LogP contribution in [0.1, 0.15) is 38.3 Å². The number of benzene rings is 1. The third-order valence-electron chi connectivity index (χ3n) is 3.16. The molecule has 0 bridgehead atoms. The lowest BCUT2D eigenvalue weighted by Crippen LogP contribution is -2.48. The average molecular weight is 267 g/mol. The molecular formula is C15H22FNO2. The van der Waals surface area contributed by atoms with Crippen LogP contribution in [0.5, 0.6) is 0 Å². The molecule has 3 nitrogen and oxygen atoms in total. The maximum absolute atomic E-state index is 13.7. The van der Waals surface area contributed by atoms with Crippen LogP contribution in [0.2, 0.25) is 0 Å². The number of ether oxygens (including phenoxy) is 1. The molecule has 1 unspecified atom stereocenters. The van der Waals surface area contributed by atoms with Crippen molar-refractivity contribution in [3.8, 4) is 0 Å². The Morgan fingerprint density at radius 1 is 1.42 bits per heavy atom. The molecule has 1 aromatic carbocycles. The van der Waals surface area contributed by atoms with Gasteiger partial charge in [0.15, 0.2) is 0 Å². The second-order valence-electron chi connectivity index (χ2n) is 4.74. The minimum Gasteiger partial charge on any atom is -0.464 e. The summed E-state index contributed by atoms with van der Waals surface area (Å²) in [5.41, 5.74) is 0.133. The highest BCUT2D eigenvalue weighted by atomic mass is 19.1. The van der Waals surface area contributed by atoms with Crippen molar-refractivity contribution < 1.29 is 13.9 Å². The number of esters is 1. The summed E-state index contributed by atoms with van der Waals surface area (Å²) in [5.74, 6) is -0.696. The smallest absolute Gasteiger partial charge is 0.330 e. The summed E-state index contributed by atoms with van der Waals surface area (Å²) in [7, 11) is 0. The van der Waals surface area contributed by atoms with E-state index in [0.717, 1.165) is 6.42 Å². The topological polar surface area (TPSA) is 38.3 Å². The molecule has 0 aromatic heterocycles. The van der Waals surface area contributed by atoms with Crippen LogP contribution in [0.3, 0.4) is 0 Å². The Hall–Kier alpha value is -1.42. The van der Waals surface area contributed by atoms with Crippen molar-refractivity contribution in [1.29, 1.82) is 0 Å². The summed E-state index contributed by atoms with van der Waals surface area (Å²) in [5, 5.41) is 3.15. The second kappa shape index (κ2) is 6.66. The molecule has 106 valence electrons. The number of halogens is 1. The molecule has 1 atom stereocenters. The molecule has 0 heterocycles. The average Bonchev–Trinajstić information content (AvgIpc) is 2.39. The maximum atomic E-state index is 13.7. The van der Waals surface area contributed by atoms with Gasteiger partial charge in [0.25, 0.3) is 0 Å². The first-order valence-electron chi connectivity index (χ1n) is 6.64. The van der Waals surface area contributed by atoms with E-state index >= 15 is 0 Å². The van der Waals surface area contributed by atoms with Crippen LogP contribution in [-0.4, -0.2) is 19.1 Å². The van der Waals surface area contributed by atoms with Crippen LogP contribution in [-0.2, 0) is 15.1 Å². The van der Waals surface area contributed by atoms with Gasteiger partial charge in [0.05, 0.1) is 6.61 Å². The van der Waals surface area contributed by atoms with Crippen molar-refractivity contribution in [3.63, 3.8) is 0 Å². The Balaban J connectivity index is 3.14. The van der Waals surface area contributed by atoms with E-state index in [9.17, 15) is 9.18 Å². The molecule has 0 fully saturated rings. The molecule has 1 rings (SSSR count). The van der Waals surface area contributed by atoms with Crippen LogP contribution < -0.4 is 5.32 Å². The van der Waals surface area contributed by atoms with Crippen LogP contribution in [0.4, 0.5) is 4.39 Å². The van der Waals surface area contributed by atoms with Gasteiger partial charge >= 0.3 is 5.97 Å². The van der Waals surface area contributed by atoms with E-state index in [4.69, 9.17) is 4.74 Å². The van der Waals surface area contributed by atoms with E-state index in [1.165, 1.54) is 6.07 Å². The van der Waals surface area contributed by atoms with Crippen LogP contribution in [0.15, 0.2) is 18.2 Å². The molecule has 0 amide bonds. The minimum atomic E-state index is -1.01. The molecule has 4 heteroatoms. The first-order valence-corrected chi connectivity index (χ1v) is 6.64. The lowest BCUT2D eigenvalue weighted by atomic mass is 9.91. The zero-order chi connectivity index (χ0) is 14.5. The van der Waals surface area contributed by atoms with Gasteiger partial charge in [-0.15, -0.1) is 0 Å². The fraction of sp³-hybridized carbons (Fsp3) is 0.533. The van der Waals surface area contributed by atoms with Gasteiger partial charge in [0.2, 0.25) is 0 Å². The summed E-state index contributed by atoms with van der Waals surface area (Å²) in [4.78, 5) is 12.2. The predicted molar refractivity (Wildman–Crippen MR) is 73.4 cm³/mol. The van der Waals surface area contributed by atoms with Gasteiger partial charge in [-0.25, -0.2) is 9.18 Å². The Morgan fingerprint density at radius 3 is 2.63 bits per heavy atom. The van der Waals surface area contributed by atoms with E-state index in [1.54, 1.807) is 32.9 Å². The van der Waals surface area contributed by atoms with Gasteiger partial charge in [-0.1, -0.05) is 19.1 Å². The molecule has 0 aliphatic rings. The number of rotatable bonds is 6. The number of aryl methyl sites for hydroxylation is 1. The molecule has 1 N–H and O–H groups in total. The monoisotopic (exact) mass is 267 g/mol. The van der Waals surface area contributed by atoms with E-state index in [0.29, 0.717) is 24.3 Å². The zero-order valence-corrected chi connectivity index (χ0v) is 12.0. The third-order valence-corrected chi connectivity index (χ3v) is 3.16. The normalized spacial score (nSPS) is 13.9. The lowest BCUT2D eigenvalue weighted by Gasteiger charge is -2.29. The molecule has 0 radical (unpaired) electrons. The second-order valence-corrected chi connectivity index (χ2v) is 4.74. The van der Waals surface area contributed by atoms with Gasteiger partial charge in [-0.2, -0.15) is 0 Å². The quantitative estimate of drug-likeness (QED) is 0.805. The predicted octanol–water partition coefficient (Wildman–Crippen LogP) is 2.91. The largest absolute Gasteiger partial charge is 0.464 e. The molecule has 19 heavy (non-hydrogen) atoms. The highest BCUT2D eigenvalue weighted by molar-refractivity contribution is 5.82. The number of nitrogens with one attached hydrogen (secondary N) is 1. The maximum Gasteiger partial charge on any atom is 0.330 e. The summed E-state index contributed by atoms with van der Waals surface area (Å²) < 4.78 is 18.8. The van der Waals surface area contributed by atoms with Crippen molar-refractivity contribution in [2.24, 2.45) is 0 Å². The summed E-state index contributed by atoms with van der Waals surface area (Å²) >= 11 is 0. The fourth-order valence-electron chi connectivity index (χ4n) is 1.85. The minimum absolute atomic E-state index is 0.302. The van der Waals surface area contributed by atoms with Gasteiger partial charge in [0, 0.05) is 0 Å². The standard InChI is InChI=1S/C15H22FNO2/c1-5-9-17-15(4,14(18)19-6-2)12-8-7-11(3)13(16)10-12/h7-8,10,17H,5-6,9H2,1-4H3. The highest BCUT2D eigenvalue weighted by Crippen LogP contribution is 2.24. The van der Waals surface area contributed by atoms with Crippen LogP contribution >= 0.6 is 0 Å². The molecule has 0 saturated heterocycles. The van der Waals surface area contributed by atoms with Crippen molar-refractivity contribution in [2.75, 3.05) is 13.2 Å². The zero-order valence-electron chi connectivity index (χ0n) is 12.0. The Kier molecular flexibility index (Phi) is 5.48. The molecule has 0 saturated carbocycles. The van der Waals surface area contributed by atoms with Gasteiger partial charge in [-0.3, -0.25) is 5.32 Å². The van der Waals surface area contributed by atoms with Crippen molar-refractivity contribution in [3.05, 3.63) is 35.1 Å². The van der Waals surface area contributed by atoms with E-state index in [-0.39, 0.29) is 11.8 Å². The van der Waals surface area contributed by atoms with Gasteiger partial charge < -0.3 is 4.74 Å². The number of hydrogen-bond acceptors (Lipinski definition) is 3. The van der Waals surface area contributed by atoms with Crippen molar-refractivity contribution >= 4 is 5.97 Å². The molecular weight excluding hydrogens is 245 g/mol. The SMILES string of the molecule is CCCNC(C)(C(=O)OCC)c1ccc(C)c(F)c1. The summed E-state index contributed by atoms with van der Waals surface area (Å²) in [6.45, 7) is 8.15. The Morgan fingerprint density at radius 2 is 2.11 bits per heavy atom. The lowest BCUT2D eigenvalue weighted by molar-refractivity contribution is -0.151. The van der Waals surface area contributed by atoms with Crippen LogP contribution in [0.25, 0.3) is 0 Å². The van der Waals surface area contributed by atoms with E-state index < -0.39 is 5.54 Å². The Labute approximate surface area is 114 Å². The highest BCUT2D eigenvalue weighted by Gasteiger charge is 2.36. The van der Waals surface area contributed by atoms with Crippen molar-refractivity contribution in [2.45, 2.75) is 39.7 Å². The molecule has 1 aromatic rings. The van der Waals surface area contributed by atoms with E-state index in [2.05, 4.69) is 5.32 Å². The third kappa shape index (κ3) is 3.53. The van der Waals surface area contributed by atoms with Gasteiger partial charge in [0.1, 0.15) is 11.4 Å². The summed E-state index contributed by atoms with van der Waals surface area (Å²) in [6, 6.07) is 4.84. The Bertz CT molecular complexity index is 448. The van der Waals surface area contributed by atoms with Gasteiger partial charge in [-0.05, 0) is 50.9 Å². The molecule has 0 aliphatic carbocycles. The fourth-order valence-corrected chi connectivity index (χ4v) is 1.85. The number of hydrogen-bond donors (Lipinski definition) is 1. The molecule has 0 aliphatic heterocycles. The molecule has 0 spiro atoms. The van der Waals surface area contributed by atoms with Crippen molar-refractivity contribution in [1.82, 2.24) is 5.32 Å². The number of carbonyl (C=O) groups excluding carboxylic acids is 1. The van der Waals surface area contributed by atoms with E-state index in [1.807, 2.05) is 6.92 Å². The van der Waals surface area contributed by atoms with Crippen LogP contribution in [0, 0.1) is 12.7 Å². The first kappa shape index (κ1) is 15.6. The summed E-state index contributed by atoms with van der Waals surface area (Å²) in [6.07, 6.45) is 0.878.